The van der Waals surface area contributed by atoms with Crippen molar-refractivity contribution in [3.63, 3.8) is 0 Å². The fourth-order valence-corrected chi connectivity index (χ4v) is 2.27. The van der Waals surface area contributed by atoms with Gasteiger partial charge in [-0.15, -0.1) is 0 Å². The fourth-order valence-electron chi connectivity index (χ4n) is 1.93. The highest BCUT2D eigenvalue weighted by atomic mass is 35.5. The number of anilines is 1. The molecule has 2 rings (SSSR count). The number of carbonyl (C=O) groups is 1. The lowest BCUT2D eigenvalue weighted by Gasteiger charge is -2.15. The minimum atomic E-state index is -0.925. The van der Waals surface area contributed by atoms with E-state index in [9.17, 15) is 13.6 Å². The normalized spacial score (nSPS) is 12.0. The van der Waals surface area contributed by atoms with Crippen LogP contribution in [0.3, 0.4) is 0 Å². The lowest BCUT2D eigenvalue weighted by atomic mass is 10.1. The summed E-state index contributed by atoms with van der Waals surface area (Å²) in [6.07, 6.45) is 0. The van der Waals surface area contributed by atoms with Crippen LogP contribution in [0.15, 0.2) is 36.4 Å². The van der Waals surface area contributed by atoms with Crippen molar-refractivity contribution in [2.75, 3.05) is 11.9 Å². The lowest BCUT2D eigenvalue weighted by molar-refractivity contribution is -0.115. The van der Waals surface area contributed by atoms with E-state index in [1.807, 2.05) is 0 Å². The zero-order valence-electron chi connectivity index (χ0n) is 12.2. The number of hydrogen-bond acceptors (Lipinski definition) is 2. The molecule has 0 spiro atoms. The molecule has 1 amide bonds. The molecule has 0 saturated heterocycles. The van der Waals surface area contributed by atoms with Gasteiger partial charge in [0.2, 0.25) is 5.91 Å². The number of nitrogens with one attached hydrogen (secondary N) is 2. The highest BCUT2D eigenvalue weighted by molar-refractivity contribution is 6.35. The predicted molar refractivity (Wildman–Crippen MR) is 87.9 cm³/mol. The Balaban J connectivity index is 1.93. The van der Waals surface area contributed by atoms with Crippen LogP contribution in [-0.4, -0.2) is 12.5 Å². The Morgan fingerprint density at radius 1 is 1.13 bits per heavy atom. The summed E-state index contributed by atoms with van der Waals surface area (Å²) >= 11 is 11.8. The first kappa shape index (κ1) is 17.7. The summed E-state index contributed by atoms with van der Waals surface area (Å²) in [6.45, 7) is 1.72. The van der Waals surface area contributed by atoms with Gasteiger partial charge in [-0.3, -0.25) is 4.79 Å². The first-order chi connectivity index (χ1) is 10.9. The van der Waals surface area contributed by atoms with Crippen molar-refractivity contribution in [3.8, 4) is 0 Å². The van der Waals surface area contributed by atoms with E-state index in [0.29, 0.717) is 21.3 Å². The minimum absolute atomic E-state index is 0.0248. The summed E-state index contributed by atoms with van der Waals surface area (Å²) in [6, 6.07) is 8.01. The van der Waals surface area contributed by atoms with Crippen LogP contribution in [0.25, 0.3) is 0 Å². The molecule has 0 fully saturated rings. The van der Waals surface area contributed by atoms with Gasteiger partial charge in [-0.05, 0) is 42.8 Å². The maximum atomic E-state index is 13.2. The average molecular weight is 359 g/mol. The Bertz CT molecular complexity index is 725. The molecule has 0 heterocycles. The van der Waals surface area contributed by atoms with Gasteiger partial charge in [0.15, 0.2) is 11.6 Å². The van der Waals surface area contributed by atoms with Crippen molar-refractivity contribution >= 4 is 34.8 Å². The van der Waals surface area contributed by atoms with Gasteiger partial charge in [-0.1, -0.05) is 29.3 Å². The van der Waals surface area contributed by atoms with E-state index >= 15 is 0 Å². The summed E-state index contributed by atoms with van der Waals surface area (Å²) in [7, 11) is 0. The molecule has 7 heteroatoms. The van der Waals surface area contributed by atoms with Crippen molar-refractivity contribution in [2.24, 2.45) is 0 Å². The van der Waals surface area contributed by atoms with Crippen molar-refractivity contribution < 1.29 is 13.6 Å². The molecule has 1 atom stereocenters. The number of carbonyl (C=O) groups excluding carboxylic acids is 1. The Kier molecular flexibility index (Phi) is 5.93. The van der Waals surface area contributed by atoms with E-state index in [-0.39, 0.29) is 18.5 Å². The third-order valence-electron chi connectivity index (χ3n) is 3.21. The summed E-state index contributed by atoms with van der Waals surface area (Å²) in [4.78, 5) is 11.9. The third kappa shape index (κ3) is 4.89. The van der Waals surface area contributed by atoms with Gasteiger partial charge in [0, 0.05) is 11.1 Å². The minimum Gasteiger partial charge on any atom is -0.324 e. The number of rotatable bonds is 5. The van der Waals surface area contributed by atoms with Gasteiger partial charge < -0.3 is 10.6 Å². The number of hydrogen-bond donors (Lipinski definition) is 2. The predicted octanol–water partition coefficient (Wildman–Crippen LogP) is 4.56. The first-order valence-electron chi connectivity index (χ1n) is 6.80. The van der Waals surface area contributed by atoms with Crippen LogP contribution in [0.1, 0.15) is 18.5 Å². The van der Waals surface area contributed by atoms with Crippen LogP contribution in [0, 0.1) is 11.6 Å². The topological polar surface area (TPSA) is 41.1 Å². The molecular weight excluding hydrogens is 345 g/mol. The van der Waals surface area contributed by atoms with Crippen molar-refractivity contribution in [1.29, 1.82) is 0 Å². The first-order valence-corrected chi connectivity index (χ1v) is 7.55. The second kappa shape index (κ2) is 7.73. The molecule has 2 aromatic carbocycles. The third-order valence-corrected chi connectivity index (χ3v) is 3.78. The monoisotopic (exact) mass is 358 g/mol. The number of benzene rings is 2. The molecule has 2 aromatic rings. The molecule has 0 unspecified atom stereocenters. The van der Waals surface area contributed by atoms with Crippen LogP contribution in [0.5, 0.6) is 0 Å². The van der Waals surface area contributed by atoms with Crippen molar-refractivity contribution in [2.45, 2.75) is 13.0 Å². The average Bonchev–Trinajstić information content (AvgIpc) is 2.51. The summed E-state index contributed by atoms with van der Waals surface area (Å²) in [5.74, 6) is -2.16. The molecule has 0 aliphatic rings. The van der Waals surface area contributed by atoms with E-state index in [1.165, 1.54) is 6.07 Å². The maximum Gasteiger partial charge on any atom is 0.238 e. The van der Waals surface area contributed by atoms with Crippen LogP contribution < -0.4 is 10.6 Å². The molecule has 0 bridgehead atoms. The molecule has 0 aliphatic carbocycles. The van der Waals surface area contributed by atoms with Crippen LogP contribution in [0.2, 0.25) is 10.0 Å². The van der Waals surface area contributed by atoms with E-state index in [2.05, 4.69) is 10.6 Å². The molecule has 122 valence electrons. The molecule has 2 N–H and O–H groups in total. The molecule has 23 heavy (non-hydrogen) atoms. The summed E-state index contributed by atoms with van der Waals surface area (Å²) < 4.78 is 26.1. The Labute approximate surface area is 142 Å². The maximum absolute atomic E-state index is 13.2. The van der Waals surface area contributed by atoms with Crippen molar-refractivity contribution in [1.82, 2.24) is 5.32 Å². The second-order valence-corrected chi connectivity index (χ2v) is 5.79. The van der Waals surface area contributed by atoms with Gasteiger partial charge in [-0.25, -0.2) is 8.78 Å². The van der Waals surface area contributed by atoms with Gasteiger partial charge in [0.1, 0.15) is 0 Å². The van der Waals surface area contributed by atoms with E-state index < -0.39 is 11.6 Å². The van der Waals surface area contributed by atoms with Crippen LogP contribution in [-0.2, 0) is 4.79 Å². The Hall–Kier alpha value is -1.69. The molecular formula is C16H14Cl2F2N2O. The zero-order valence-corrected chi connectivity index (χ0v) is 13.7. The molecule has 3 nitrogen and oxygen atoms in total. The summed E-state index contributed by atoms with van der Waals surface area (Å²) in [5, 5.41) is 6.37. The SMILES string of the molecule is C[C@H](NCC(=O)Nc1cc(Cl)ccc1Cl)c1ccc(F)c(F)c1. The van der Waals surface area contributed by atoms with E-state index in [0.717, 1.165) is 12.1 Å². The second-order valence-electron chi connectivity index (χ2n) is 4.95. The lowest BCUT2D eigenvalue weighted by Crippen LogP contribution is -2.30. The van der Waals surface area contributed by atoms with Gasteiger partial charge in [0.05, 0.1) is 17.3 Å². The van der Waals surface area contributed by atoms with Gasteiger partial charge >= 0.3 is 0 Å². The standard InChI is InChI=1S/C16H14Cl2F2N2O/c1-9(10-2-5-13(19)14(20)6-10)21-8-16(23)22-15-7-11(17)3-4-12(15)18/h2-7,9,21H,8H2,1H3,(H,22,23)/t9-/m0/s1. The van der Waals surface area contributed by atoms with E-state index in [4.69, 9.17) is 23.2 Å². The van der Waals surface area contributed by atoms with Gasteiger partial charge in [0.25, 0.3) is 0 Å². The summed E-state index contributed by atoms with van der Waals surface area (Å²) in [5.41, 5.74) is 0.948. The number of halogens is 4. The number of amides is 1. The molecule has 0 radical (unpaired) electrons. The largest absolute Gasteiger partial charge is 0.324 e. The Morgan fingerprint density at radius 3 is 2.57 bits per heavy atom. The zero-order chi connectivity index (χ0) is 17.0. The fraction of sp³-hybridized carbons (Fsp3) is 0.188. The van der Waals surface area contributed by atoms with Crippen molar-refractivity contribution in [3.05, 3.63) is 63.6 Å². The smallest absolute Gasteiger partial charge is 0.238 e. The highest BCUT2D eigenvalue weighted by Gasteiger charge is 2.11. The Morgan fingerprint density at radius 2 is 1.87 bits per heavy atom. The molecule has 0 saturated carbocycles. The van der Waals surface area contributed by atoms with Gasteiger partial charge in [-0.2, -0.15) is 0 Å². The molecule has 0 aliphatic heterocycles. The van der Waals surface area contributed by atoms with E-state index in [1.54, 1.807) is 25.1 Å². The highest BCUT2D eigenvalue weighted by Crippen LogP contribution is 2.25. The van der Waals surface area contributed by atoms with Crippen LogP contribution in [0.4, 0.5) is 14.5 Å². The quantitative estimate of drug-likeness (QED) is 0.822. The molecule has 0 aromatic heterocycles. The van der Waals surface area contributed by atoms with Crippen LogP contribution >= 0.6 is 23.2 Å².